The zero-order valence-electron chi connectivity index (χ0n) is 14.7. The maximum absolute atomic E-state index is 12.8. The van der Waals surface area contributed by atoms with Gasteiger partial charge in [-0.05, 0) is 47.7 Å². The van der Waals surface area contributed by atoms with Crippen molar-refractivity contribution in [2.45, 2.75) is 17.6 Å². The highest BCUT2D eigenvalue weighted by molar-refractivity contribution is 8.15. The summed E-state index contributed by atoms with van der Waals surface area (Å²) in [5.74, 6) is -0.513. The predicted molar refractivity (Wildman–Crippen MR) is 103 cm³/mol. The molecule has 0 radical (unpaired) electrons. The van der Waals surface area contributed by atoms with Gasteiger partial charge in [0.15, 0.2) is 5.17 Å². The fraction of sp³-hybridized carbons (Fsp3) is 0.222. The molecule has 0 aliphatic carbocycles. The number of sulfonamides is 1. The molecule has 0 unspecified atom stereocenters. The first-order chi connectivity index (χ1) is 13.6. The summed E-state index contributed by atoms with van der Waals surface area (Å²) in [5, 5.41) is 2.96. The maximum Gasteiger partial charge on any atom is 0.416 e. The quantitative estimate of drug-likeness (QED) is 0.791. The molecule has 152 valence electrons. The molecule has 2 aromatic rings. The van der Waals surface area contributed by atoms with Gasteiger partial charge in [0.25, 0.3) is 15.9 Å². The minimum atomic E-state index is -4.44. The number of alkyl halides is 3. The van der Waals surface area contributed by atoms with Crippen molar-refractivity contribution in [3.05, 3.63) is 59.2 Å². The first-order valence-corrected chi connectivity index (χ1v) is 10.9. The summed E-state index contributed by atoms with van der Waals surface area (Å²) in [6, 6.07) is 9.69. The van der Waals surface area contributed by atoms with Crippen molar-refractivity contribution in [2.24, 2.45) is 4.40 Å². The molecule has 0 spiro atoms. The number of anilines is 1. The second-order valence-corrected chi connectivity index (χ2v) is 9.24. The molecular formula is C18H14F3N3O3S2. The Balaban J connectivity index is 1.48. The van der Waals surface area contributed by atoms with Gasteiger partial charge in [0.05, 0.1) is 17.0 Å². The van der Waals surface area contributed by atoms with E-state index in [0.29, 0.717) is 27.7 Å². The van der Waals surface area contributed by atoms with Crippen LogP contribution in [-0.2, 0) is 22.7 Å². The van der Waals surface area contributed by atoms with E-state index in [2.05, 4.69) is 9.71 Å². The summed E-state index contributed by atoms with van der Waals surface area (Å²) in [6.07, 6.45) is -4.44. The molecule has 0 saturated heterocycles. The number of rotatable bonds is 3. The number of hydrogen-bond donors (Lipinski definition) is 1. The SMILES string of the molecule is O=C(NCc1cccc(C(F)(F)F)c1)c1ccc2c(c1)SC1=NS(=O)(=O)CCN12. The van der Waals surface area contributed by atoms with Gasteiger partial charge in [0, 0.05) is 23.5 Å². The van der Waals surface area contributed by atoms with Crippen molar-refractivity contribution in [1.29, 1.82) is 0 Å². The molecule has 2 aliphatic rings. The van der Waals surface area contributed by atoms with E-state index in [4.69, 9.17) is 0 Å². The Kier molecular flexibility index (Phi) is 4.82. The third-order valence-electron chi connectivity index (χ3n) is 4.44. The van der Waals surface area contributed by atoms with Gasteiger partial charge in [-0.15, -0.1) is 4.40 Å². The van der Waals surface area contributed by atoms with Crippen molar-refractivity contribution in [1.82, 2.24) is 5.32 Å². The van der Waals surface area contributed by atoms with Gasteiger partial charge in [-0.1, -0.05) is 12.1 Å². The summed E-state index contributed by atoms with van der Waals surface area (Å²) in [4.78, 5) is 14.9. The highest BCUT2D eigenvalue weighted by atomic mass is 32.2. The van der Waals surface area contributed by atoms with Crippen LogP contribution in [-0.4, -0.2) is 31.8 Å². The number of hydrogen-bond acceptors (Lipinski definition) is 5. The van der Waals surface area contributed by atoms with Gasteiger partial charge < -0.3 is 10.2 Å². The Hall–Kier alpha value is -2.53. The van der Waals surface area contributed by atoms with Crippen LogP contribution in [0.15, 0.2) is 51.8 Å². The number of fused-ring (bicyclic) bond motifs is 3. The zero-order valence-corrected chi connectivity index (χ0v) is 16.4. The largest absolute Gasteiger partial charge is 0.416 e. The molecule has 1 N–H and O–H groups in total. The second-order valence-electron chi connectivity index (χ2n) is 6.48. The third kappa shape index (κ3) is 4.10. The number of nitrogens with one attached hydrogen (secondary N) is 1. The normalized spacial score (nSPS) is 17.3. The van der Waals surface area contributed by atoms with E-state index in [1.807, 2.05) is 0 Å². The number of carbonyl (C=O) groups is 1. The van der Waals surface area contributed by atoms with Gasteiger partial charge in [0.1, 0.15) is 0 Å². The molecule has 0 saturated carbocycles. The summed E-state index contributed by atoms with van der Waals surface area (Å²) in [6.45, 7) is 0.242. The molecule has 0 atom stereocenters. The lowest BCUT2D eigenvalue weighted by molar-refractivity contribution is -0.137. The molecule has 2 aromatic carbocycles. The molecule has 0 fully saturated rings. The van der Waals surface area contributed by atoms with Gasteiger partial charge in [-0.3, -0.25) is 4.79 Å². The molecule has 4 rings (SSSR count). The fourth-order valence-electron chi connectivity index (χ4n) is 3.01. The zero-order chi connectivity index (χ0) is 20.8. The van der Waals surface area contributed by atoms with E-state index < -0.39 is 27.7 Å². The Labute approximate surface area is 168 Å². The Morgan fingerprint density at radius 3 is 2.76 bits per heavy atom. The number of halogens is 3. The van der Waals surface area contributed by atoms with Gasteiger partial charge >= 0.3 is 6.18 Å². The van der Waals surface area contributed by atoms with Crippen LogP contribution in [0.2, 0.25) is 0 Å². The average Bonchev–Trinajstić information content (AvgIpc) is 3.00. The summed E-state index contributed by atoms with van der Waals surface area (Å²) in [5.41, 5.74) is 0.663. The average molecular weight is 441 g/mol. The molecule has 1 amide bonds. The fourth-order valence-corrected chi connectivity index (χ4v) is 5.31. The monoisotopic (exact) mass is 441 g/mol. The van der Waals surface area contributed by atoms with Crippen LogP contribution in [0.5, 0.6) is 0 Å². The number of carbonyl (C=O) groups excluding carboxylic acids is 1. The minimum Gasteiger partial charge on any atom is -0.348 e. The van der Waals surface area contributed by atoms with Crippen LogP contribution in [0.25, 0.3) is 0 Å². The van der Waals surface area contributed by atoms with Crippen LogP contribution in [0.1, 0.15) is 21.5 Å². The highest BCUT2D eigenvalue weighted by Crippen LogP contribution is 2.42. The molecule has 29 heavy (non-hydrogen) atoms. The Morgan fingerprint density at radius 2 is 2.00 bits per heavy atom. The van der Waals surface area contributed by atoms with Crippen molar-refractivity contribution in [2.75, 3.05) is 17.2 Å². The number of benzene rings is 2. The number of nitrogens with zero attached hydrogens (tertiary/aromatic N) is 2. The lowest BCUT2D eigenvalue weighted by Crippen LogP contribution is -2.35. The van der Waals surface area contributed by atoms with Crippen LogP contribution >= 0.6 is 11.8 Å². The smallest absolute Gasteiger partial charge is 0.348 e. The van der Waals surface area contributed by atoms with Crippen LogP contribution in [0.3, 0.4) is 0 Å². The topological polar surface area (TPSA) is 78.8 Å². The lowest BCUT2D eigenvalue weighted by Gasteiger charge is -2.22. The summed E-state index contributed by atoms with van der Waals surface area (Å²) in [7, 11) is -3.47. The molecular weight excluding hydrogens is 427 g/mol. The summed E-state index contributed by atoms with van der Waals surface area (Å²) < 4.78 is 65.5. The van der Waals surface area contributed by atoms with E-state index in [0.717, 1.165) is 29.6 Å². The second kappa shape index (κ2) is 7.06. The standard InChI is InChI=1S/C18H14F3N3O3S2/c19-18(20,21)13-3-1-2-11(8-13)10-22-16(25)12-4-5-14-15(9-12)28-17-23-29(26,27)7-6-24(14)17/h1-5,8-9H,6-7,10H2,(H,22,25). The first-order valence-electron chi connectivity index (χ1n) is 8.49. The number of thioether (sulfide) groups is 1. The van der Waals surface area contributed by atoms with Crippen molar-refractivity contribution in [3.8, 4) is 0 Å². The van der Waals surface area contributed by atoms with E-state index >= 15 is 0 Å². The maximum atomic E-state index is 12.8. The number of amides is 1. The van der Waals surface area contributed by atoms with Gasteiger partial charge in [-0.25, -0.2) is 8.42 Å². The highest BCUT2D eigenvalue weighted by Gasteiger charge is 2.33. The van der Waals surface area contributed by atoms with Crippen LogP contribution < -0.4 is 10.2 Å². The molecule has 2 aliphatic heterocycles. The van der Waals surface area contributed by atoms with E-state index in [1.165, 1.54) is 12.1 Å². The summed E-state index contributed by atoms with van der Waals surface area (Å²) >= 11 is 1.16. The minimum absolute atomic E-state index is 0.0515. The van der Waals surface area contributed by atoms with Crippen molar-refractivity contribution in [3.63, 3.8) is 0 Å². The Bertz CT molecular complexity index is 1130. The molecule has 0 aromatic heterocycles. The van der Waals surface area contributed by atoms with E-state index in [1.54, 1.807) is 23.1 Å². The third-order valence-corrected chi connectivity index (χ3v) is 6.75. The molecule has 11 heteroatoms. The van der Waals surface area contributed by atoms with Crippen molar-refractivity contribution < 1.29 is 26.4 Å². The van der Waals surface area contributed by atoms with E-state index in [-0.39, 0.29) is 12.3 Å². The number of amidine groups is 1. The molecule has 0 bridgehead atoms. The van der Waals surface area contributed by atoms with Gasteiger partial charge in [0.2, 0.25) is 0 Å². The van der Waals surface area contributed by atoms with Crippen LogP contribution in [0, 0.1) is 0 Å². The molecule has 2 heterocycles. The van der Waals surface area contributed by atoms with Crippen molar-refractivity contribution >= 4 is 38.5 Å². The van der Waals surface area contributed by atoms with E-state index in [9.17, 15) is 26.4 Å². The Morgan fingerprint density at radius 1 is 1.21 bits per heavy atom. The van der Waals surface area contributed by atoms with Crippen LogP contribution in [0.4, 0.5) is 18.9 Å². The van der Waals surface area contributed by atoms with Gasteiger partial charge in [-0.2, -0.15) is 13.2 Å². The lowest BCUT2D eigenvalue weighted by atomic mass is 10.1. The predicted octanol–water partition coefficient (Wildman–Crippen LogP) is 3.25. The molecule has 6 nitrogen and oxygen atoms in total. The first kappa shape index (κ1) is 19.8.